The monoisotopic (exact) mass is 377 g/mol. The number of aliphatic hydroxyl groups excluding tert-OH is 1. The Bertz CT molecular complexity index is 791. The molecule has 2 aromatic rings. The van der Waals surface area contributed by atoms with Crippen molar-refractivity contribution in [3.05, 3.63) is 59.7 Å². The Morgan fingerprint density at radius 1 is 1.12 bits per heavy atom. The molecule has 0 aromatic heterocycles. The molecule has 2 aromatic carbocycles. The molecule has 0 saturated carbocycles. The van der Waals surface area contributed by atoms with Crippen LogP contribution >= 0.6 is 0 Å². The number of aryl methyl sites for hydroxylation is 1. The fraction of sp³-hybridized carbons (Fsp3) is 0.400. The van der Waals surface area contributed by atoms with Crippen LogP contribution in [-0.2, 0) is 10.0 Å². The molecule has 0 fully saturated rings. The van der Waals surface area contributed by atoms with E-state index in [4.69, 9.17) is 4.74 Å². The highest BCUT2D eigenvalue weighted by atomic mass is 32.2. The van der Waals surface area contributed by atoms with E-state index in [0.29, 0.717) is 31.7 Å². The van der Waals surface area contributed by atoms with Gasteiger partial charge in [-0.05, 0) is 55.9 Å². The van der Waals surface area contributed by atoms with E-state index in [-0.39, 0.29) is 17.4 Å². The summed E-state index contributed by atoms with van der Waals surface area (Å²) < 4.78 is 33.6. The fourth-order valence-electron chi connectivity index (χ4n) is 2.90. The predicted molar refractivity (Wildman–Crippen MR) is 103 cm³/mol. The molecule has 6 heteroatoms. The third kappa shape index (κ3) is 5.56. The summed E-state index contributed by atoms with van der Waals surface area (Å²) >= 11 is 0. The van der Waals surface area contributed by atoms with Gasteiger partial charge in [0.2, 0.25) is 10.0 Å². The van der Waals surface area contributed by atoms with Crippen molar-refractivity contribution in [2.24, 2.45) is 0 Å². The van der Waals surface area contributed by atoms with Crippen molar-refractivity contribution in [2.75, 3.05) is 19.8 Å². The molecule has 0 amide bonds. The Labute approximate surface area is 156 Å². The van der Waals surface area contributed by atoms with Crippen LogP contribution in [0, 0.1) is 6.92 Å². The molecule has 0 aliphatic rings. The number of aliphatic hydroxyl groups is 1. The second kappa shape index (κ2) is 9.71. The van der Waals surface area contributed by atoms with Crippen molar-refractivity contribution in [3.63, 3.8) is 0 Å². The summed E-state index contributed by atoms with van der Waals surface area (Å²) in [5, 5.41) is 9.31. The van der Waals surface area contributed by atoms with Crippen LogP contribution in [0.1, 0.15) is 36.8 Å². The first kappa shape index (κ1) is 20.4. The third-order valence-electron chi connectivity index (χ3n) is 4.22. The molecule has 142 valence electrons. The van der Waals surface area contributed by atoms with Crippen molar-refractivity contribution in [3.8, 4) is 5.75 Å². The van der Waals surface area contributed by atoms with E-state index in [1.165, 1.54) is 0 Å². The lowest BCUT2D eigenvalue weighted by atomic mass is 9.93. The summed E-state index contributed by atoms with van der Waals surface area (Å²) in [5.74, 6) is 0.466. The molecule has 0 aliphatic heterocycles. The zero-order valence-corrected chi connectivity index (χ0v) is 16.1. The number of ether oxygens (including phenoxy) is 1. The summed E-state index contributed by atoms with van der Waals surface area (Å²) in [6.07, 6.45) is 1.21. The summed E-state index contributed by atoms with van der Waals surface area (Å²) in [5.41, 5.74) is 1.96. The zero-order chi connectivity index (χ0) is 19.0. The van der Waals surface area contributed by atoms with Crippen LogP contribution in [0.3, 0.4) is 0 Å². The average Bonchev–Trinajstić information content (AvgIpc) is 2.63. The van der Waals surface area contributed by atoms with E-state index in [9.17, 15) is 13.5 Å². The molecule has 1 atom stereocenters. The van der Waals surface area contributed by atoms with E-state index in [0.717, 1.165) is 11.1 Å². The SMILES string of the molecule is CCOc1ccc(C)cc1S(=O)(=O)NCCC(CCO)c1ccccc1. The van der Waals surface area contributed by atoms with Gasteiger partial charge in [0, 0.05) is 13.2 Å². The second-order valence-electron chi connectivity index (χ2n) is 6.19. The van der Waals surface area contributed by atoms with Crippen molar-refractivity contribution in [1.82, 2.24) is 4.72 Å². The van der Waals surface area contributed by atoms with Crippen LogP contribution in [0.4, 0.5) is 0 Å². The maximum atomic E-state index is 12.7. The van der Waals surface area contributed by atoms with Crippen LogP contribution in [0.2, 0.25) is 0 Å². The maximum Gasteiger partial charge on any atom is 0.244 e. The van der Waals surface area contributed by atoms with Gasteiger partial charge >= 0.3 is 0 Å². The van der Waals surface area contributed by atoms with Crippen molar-refractivity contribution >= 4 is 10.0 Å². The minimum atomic E-state index is -3.67. The molecule has 0 aliphatic carbocycles. The molecule has 0 radical (unpaired) electrons. The standard InChI is InChI=1S/C20H27NO4S/c1-3-25-19-10-9-16(2)15-20(19)26(23,24)21-13-11-18(12-14-22)17-7-5-4-6-8-17/h4-10,15,18,21-22H,3,11-14H2,1-2H3. The number of hydrogen-bond donors (Lipinski definition) is 2. The zero-order valence-electron chi connectivity index (χ0n) is 15.3. The summed E-state index contributed by atoms with van der Waals surface area (Å²) in [7, 11) is -3.67. The first-order chi connectivity index (χ1) is 12.5. The van der Waals surface area contributed by atoms with Gasteiger partial charge < -0.3 is 9.84 Å². The Kier molecular flexibility index (Phi) is 7.63. The molecule has 5 nitrogen and oxygen atoms in total. The van der Waals surface area contributed by atoms with Gasteiger partial charge in [-0.3, -0.25) is 0 Å². The van der Waals surface area contributed by atoms with Crippen molar-refractivity contribution in [1.29, 1.82) is 0 Å². The van der Waals surface area contributed by atoms with Gasteiger partial charge in [0.1, 0.15) is 10.6 Å². The van der Waals surface area contributed by atoms with Crippen LogP contribution < -0.4 is 9.46 Å². The van der Waals surface area contributed by atoms with Crippen molar-refractivity contribution < 1.29 is 18.3 Å². The summed E-state index contributed by atoms with van der Waals surface area (Å²) in [4.78, 5) is 0.165. The molecule has 1 unspecified atom stereocenters. The van der Waals surface area contributed by atoms with Gasteiger partial charge in [-0.15, -0.1) is 0 Å². The molecule has 0 spiro atoms. The van der Waals surface area contributed by atoms with Gasteiger partial charge in [0.25, 0.3) is 0 Å². The highest BCUT2D eigenvalue weighted by Gasteiger charge is 2.20. The lowest BCUT2D eigenvalue weighted by molar-refractivity contribution is 0.273. The van der Waals surface area contributed by atoms with Gasteiger partial charge in [0.05, 0.1) is 6.61 Å². The Morgan fingerprint density at radius 2 is 1.85 bits per heavy atom. The van der Waals surface area contributed by atoms with E-state index in [1.807, 2.05) is 50.2 Å². The predicted octanol–water partition coefficient (Wildman–Crippen LogP) is 3.23. The molecular formula is C20H27NO4S. The smallest absolute Gasteiger partial charge is 0.244 e. The number of benzene rings is 2. The number of rotatable bonds is 10. The quantitative estimate of drug-likeness (QED) is 0.667. The van der Waals surface area contributed by atoms with Gasteiger partial charge in [-0.25, -0.2) is 13.1 Å². The minimum absolute atomic E-state index is 0.0681. The molecule has 2 N–H and O–H groups in total. The Morgan fingerprint density at radius 3 is 2.50 bits per heavy atom. The number of hydrogen-bond acceptors (Lipinski definition) is 4. The van der Waals surface area contributed by atoms with E-state index >= 15 is 0 Å². The van der Waals surface area contributed by atoms with Gasteiger partial charge in [-0.2, -0.15) is 0 Å². The van der Waals surface area contributed by atoms with E-state index in [2.05, 4.69) is 4.72 Å². The summed E-state index contributed by atoms with van der Waals surface area (Å²) in [6, 6.07) is 15.0. The second-order valence-corrected chi connectivity index (χ2v) is 7.92. The Hall–Kier alpha value is -1.89. The van der Waals surface area contributed by atoms with E-state index < -0.39 is 10.0 Å². The third-order valence-corrected chi connectivity index (χ3v) is 5.70. The van der Waals surface area contributed by atoms with E-state index in [1.54, 1.807) is 12.1 Å². The minimum Gasteiger partial charge on any atom is -0.492 e. The highest BCUT2D eigenvalue weighted by molar-refractivity contribution is 7.89. The molecule has 0 bridgehead atoms. The largest absolute Gasteiger partial charge is 0.492 e. The molecular weight excluding hydrogens is 350 g/mol. The molecule has 26 heavy (non-hydrogen) atoms. The highest BCUT2D eigenvalue weighted by Crippen LogP contribution is 2.26. The lowest BCUT2D eigenvalue weighted by Crippen LogP contribution is -2.26. The van der Waals surface area contributed by atoms with Crippen LogP contribution in [0.15, 0.2) is 53.4 Å². The first-order valence-electron chi connectivity index (χ1n) is 8.87. The Balaban J connectivity index is 2.09. The lowest BCUT2D eigenvalue weighted by Gasteiger charge is -2.17. The molecule has 0 heterocycles. The number of nitrogens with one attached hydrogen (secondary N) is 1. The number of sulfonamides is 1. The van der Waals surface area contributed by atoms with Crippen LogP contribution in [0.25, 0.3) is 0 Å². The van der Waals surface area contributed by atoms with Gasteiger partial charge in [0.15, 0.2) is 0 Å². The fourth-order valence-corrected chi connectivity index (χ4v) is 4.18. The average molecular weight is 378 g/mol. The first-order valence-corrected chi connectivity index (χ1v) is 10.3. The van der Waals surface area contributed by atoms with Crippen LogP contribution in [0.5, 0.6) is 5.75 Å². The van der Waals surface area contributed by atoms with Crippen LogP contribution in [-0.4, -0.2) is 33.3 Å². The molecule has 2 rings (SSSR count). The maximum absolute atomic E-state index is 12.7. The summed E-state index contributed by atoms with van der Waals surface area (Å²) in [6.45, 7) is 4.43. The molecule has 0 saturated heterocycles. The van der Waals surface area contributed by atoms with Crippen molar-refractivity contribution in [2.45, 2.75) is 37.5 Å². The van der Waals surface area contributed by atoms with Gasteiger partial charge in [-0.1, -0.05) is 36.4 Å². The normalized spacial score (nSPS) is 12.7. The topological polar surface area (TPSA) is 75.6 Å².